The van der Waals surface area contributed by atoms with Crippen molar-refractivity contribution in [2.45, 2.75) is 45.1 Å². The molecule has 1 fully saturated rings. The summed E-state index contributed by atoms with van der Waals surface area (Å²) in [5, 5.41) is 0.966. The van der Waals surface area contributed by atoms with Gasteiger partial charge in [-0.15, -0.1) is 0 Å². The minimum Gasteiger partial charge on any atom is -0.465 e. The third-order valence-corrected chi connectivity index (χ3v) is 4.39. The predicted octanol–water partition coefficient (Wildman–Crippen LogP) is 3.09. The molecule has 0 aromatic carbocycles. The largest absolute Gasteiger partial charge is 0.465 e. The number of hydrogen-bond donors (Lipinski definition) is 0. The Morgan fingerprint density at radius 2 is 2.44 bits per heavy atom. The lowest BCUT2D eigenvalue weighted by Crippen LogP contribution is -2.39. The first-order valence-electron chi connectivity index (χ1n) is 6.57. The predicted molar refractivity (Wildman–Crippen MR) is 73.3 cm³/mol. The molecule has 1 aliphatic heterocycles. The molecule has 0 N–H and O–H groups in total. The van der Waals surface area contributed by atoms with E-state index in [1.54, 1.807) is 6.20 Å². The van der Waals surface area contributed by atoms with E-state index >= 15 is 0 Å². The second kappa shape index (κ2) is 6.18. The molecule has 4 nitrogen and oxygen atoms in total. The zero-order valence-corrected chi connectivity index (χ0v) is 11.8. The van der Waals surface area contributed by atoms with Crippen LogP contribution in [0.15, 0.2) is 6.20 Å². The maximum Gasteiger partial charge on any atom is 0.349 e. The van der Waals surface area contributed by atoms with Crippen LogP contribution >= 0.6 is 11.3 Å². The number of nitrogens with zero attached hydrogens (tertiary/aromatic N) is 2. The molecule has 1 aromatic rings. The van der Waals surface area contributed by atoms with Crippen molar-refractivity contribution in [2.24, 2.45) is 0 Å². The monoisotopic (exact) mass is 268 g/mol. The van der Waals surface area contributed by atoms with Crippen LogP contribution in [0, 0.1) is 0 Å². The maximum atomic E-state index is 11.4. The third-order valence-electron chi connectivity index (χ3n) is 3.37. The third kappa shape index (κ3) is 2.83. The zero-order valence-electron chi connectivity index (χ0n) is 11.0. The maximum absolute atomic E-state index is 11.4. The lowest BCUT2D eigenvalue weighted by atomic mass is 9.99. The van der Waals surface area contributed by atoms with Crippen molar-refractivity contribution in [3.05, 3.63) is 11.1 Å². The number of aromatic nitrogens is 1. The van der Waals surface area contributed by atoms with Gasteiger partial charge in [0, 0.05) is 12.6 Å². The molecule has 5 heteroatoms. The van der Waals surface area contributed by atoms with Crippen LogP contribution in [-0.4, -0.2) is 30.6 Å². The molecule has 1 aliphatic rings. The van der Waals surface area contributed by atoms with Gasteiger partial charge in [0.2, 0.25) is 0 Å². The standard InChI is InChI=1S/C13H20N2O2S/c1-3-6-10-7-4-5-8-15(10)13-14-9-11(18-13)12(16)17-2/h9-10H,3-8H2,1-2H3. The van der Waals surface area contributed by atoms with Crippen LogP contribution in [0.4, 0.5) is 5.13 Å². The summed E-state index contributed by atoms with van der Waals surface area (Å²) in [7, 11) is 1.41. The fourth-order valence-electron chi connectivity index (χ4n) is 2.48. The van der Waals surface area contributed by atoms with Crippen molar-refractivity contribution in [3.8, 4) is 0 Å². The van der Waals surface area contributed by atoms with Gasteiger partial charge in [0.15, 0.2) is 5.13 Å². The van der Waals surface area contributed by atoms with Crippen molar-refractivity contribution < 1.29 is 9.53 Å². The molecule has 0 saturated carbocycles. The Morgan fingerprint density at radius 1 is 1.61 bits per heavy atom. The summed E-state index contributed by atoms with van der Waals surface area (Å²) in [5.41, 5.74) is 0. The molecule has 0 spiro atoms. The minimum atomic E-state index is -0.289. The topological polar surface area (TPSA) is 42.4 Å². The van der Waals surface area contributed by atoms with E-state index in [1.165, 1.54) is 50.6 Å². The van der Waals surface area contributed by atoms with E-state index in [4.69, 9.17) is 4.74 Å². The first kappa shape index (κ1) is 13.3. The molecule has 1 atom stereocenters. The van der Waals surface area contributed by atoms with E-state index in [9.17, 15) is 4.79 Å². The van der Waals surface area contributed by atoms with Crippen molar-refractivity contribution in [1.29, 1.82) is 0 Å². The molecule has 100 valence electrons. The summed E-state index contributed by atoms with van der Waals surface area (Å²) in [6.07, 6.45) is 7.78. The first-order chi connectivity index (χ1) is 8.76. The van der Waals surface area contributed by atoms with Crippen LogP contribution in [0.3, 0.4) is 0 Å². The number of esters is 1. The van der Waals surface area contributed by atoms with Crippen molar-refractivity contribution in [3.63, 3.8) is 0 Å². The van der Waals surface area contributed by atoms with Gasteiger partial charge in [0.25, 0.3) is 0 Å². The highest BCUT2D eigenvalue weighted by atomic mass is 32.1. The molecule has 1 aromatic heterocycles. The van der Waals surface area contributed by atoms with Crippen LogP contribution in [0.25, 0.3) is 0 Å². The number of rotatable bonds is 4. The smallest absolute Gasteiger partial charge is 0.349 e. The summed E-state index contributed by atoms with van der Waals surface area (Å²) >= 11 is 1.44. The highest BCUT2D eigenvalue weighted by Gasteiger charge is 2.25. The average molecular weight is 268 g/mol. The SMILES string of the molecule is CCCC1CCCCN1c1ncc(C(=O)OC)s1. The van der Waals surface area contributed by atoms with Gasteiger partial charge in [0.05, 0.1) is 13.3 Å². The second-order valence-electron chi connectivity index (χ2n) is 4.63. The van der Waals surface area contributed by atoms with Crippen molar-refractivity contribution in [1.82, 2.24) is 4.98 Å². The van der Waals surface area contributed by atoms with E-state index < -0.39 is 0 Å². The Labute approximate surface area is 112 Å². The molecule has 18 heavy (non-hydrogen) atoms. The molecule has 2 rings (SSSR count). The normalized spacial score (nSPS) is 19.9. The summed E-state index contributed by atoms with van der Waals surface area (Å²) < 4.78 is 4.72. The highest BCUT2D eigenvalue weighted by molar-refractivity contribution is 7.17. The van der Waals surface area contributed by atoms with E-state index in [0.717, 1.165) is 11.7 Å². The number of thiazole rings is 1. The molecule has 2 heterocycles. The fraction of sp³-hybridized carbons (Fsp3) is 0.692. The molecule has 0 aliphatic carbocycles. The summed E-state index contributed by atoms with van der Waals surface area (Å²) in [5.74, 6) is -0.289. The van der Waals surface area contributed by atoms with Gasteiger partial charge in [-0.2, -0.15) is 0 Å². The number of carbonyl (C=O) groups excluding carboxylic acids is 1. The Balaban J connectivity index is 2.12. The molecule has 0 bridgehead atoms. The average Bonchev–Trinajstić information content (AvgIpc) is 2.88. The second-order valence-corrected chi connectivity index (χ2v) is 5.64. The minimum absolute atomic E-state index is 0.289. The van der Waals surface area contributed by atoms with Crippen LogP contribution in [0.1, 0.15) is 48.7 Å². The lowest BCUT2D eigenvalue weighted by Gasteiger charge is -2.35. The Hall–Kier alpha value is -1.10. The Kier molecular flexibility index (Phi) is 4.58. The molecule has 1 saturated heterocycles. The van der Waals surface area contributed by atoms with Gasteiger partial charge in [0.1, 0.15) is 4.88 Å². The van der Waals surface area contributed by atoms with Gasteiger partial charge in [-0.05, 0) is 25.7 Å². The molecule has 1 unspecified atom stereocenters. The molecular weight excluding hydrogens is 248 g/mol. The van der Waals surface area contributed by atoms with Crippen LogP contribution < -0.4 is 4.90 Å². The number of piperidine rings is 1. The van der Waals surface area contributed by atoms with E-state index in [0.29, 0.717) is 10.9 Å². The van der Waals surface area contributed by atoms with E-state index in [1.807, 2.05) is 0 Å². The summed E-state index contributed by atoms with van der Waals surface area (Å²) in [6, 6.07) is 0.584. The van der Waals surface area contributed by atoms with Crippen LogP contribution in [-0.2, 0) is 4.74 Å². The molecule has 0 radical (unpaired) electrons. The quantitative estimate of drug-likeness (QED) is 0.787. The number of methoxy groups -OCH3 is 1. The van der Waals surface area contributed by atoms with E-state index in [2.05, 4.69) is 16.8 Å². The van der Waals surface area contributed by atoms with Crippen LogP contribution in [0.5, 0.6) is 0 Å². The number of hydrogen-bond acceptors (Lipinski definition) is 5. The number of ether oxygens (including phenoxy) is 1. The van der Waals surface area contributed by atoms with E-state index in [-0.39, 0.29) is 5.97 Å². The zero-order chi connectivity index (χ0) is 13.0. The molecular formula is C13H20N2O2S. The Morgan fingerprint density at radius 3 is 3.17 bits per heavy atom. The lowest BCUT2D eigenvalue weighted by molar-refractivity contribution is 0.0606. The van der Waals surface area contributed by atoms with Gasteiger partial charge >= 0.3 is 5.97 Å². The fourth-order valence-corrected chi connectivity index (χ4v) is 3.41. The Bertz CT molecular complexity index is 403. The van der Waals surface area contributed by atoms with Crippen molar-refractivity contribution in [2.75, 3.05) is 18.6 Å². The summed E-state index contributed by atoms with van der Waals surface area (Å²) in [4.78, 5) is 18.8. The highest BCUT2D eigenvalue weighted by Crippen LogP contribution is 2.30. The number of anilines is 1. The molecule has 0 amide bonds. The first-order valence-corrected chi connectivity index (χ1v) is 7.38. The number of carbonyl (C=O) groups is 1. The van der Waals surface area contributed by atoms with Crippen LogP contribution in [0.2, 0.25) is 0 Å². The van der Waals surface area contributed by atoms with Crippen molar-refractivity contribution >= 4 is 22.4 Å². The van der Waals surface area contributed by atoms with Gasteiger partial charge < -0.3 is 9.64 Å². The van der Waals surface area contributed by atoms with Gasteiger partial charge in [-0.3, -0.25) is 0 Å². The summed E-state index contributed by atoms with van der Waals surface area (Å²) in [6.45, 7) is 3.27. The van der Waals surface area contributed by atoms with Gasteiger partial charge in [-0.1, -0.05) is 24.7 Å². The van der Waals surface area contributed by atoms with Gasteiger partial charge in [-0.25, -0.2) is 9.78 Å².